The molecule has 1 aromatic carbocycles. The lowest BCUT2D eigenvalue weighted by atomic mass is 9.85. The third-order valence-electron chi connectivity index (χ3n) is 5.64. The molecule has 1 aromatic heterocycles. The average Bonchev–Trinajstić information content (AvgIpc) is 3.51. The standard InChI is InChI=1S/C23H24F3NO2S/c24-23(25,26)20-11-12-21(27-22(20)29)19(13-14-1-5-16(28)6-2-14)15-3-7-17(8-4-15)30-18-9-10-18/h3-4,7-8,11-14,16,18,28H,1-2,5-6,9-10H2,(H,27,29). The molecule has 0 unspecified atom stereocenters. The third-order valence-corrected chi connectivity index (χ3v) is 6.99. The van der Waals surface area contributed by atoms with Crippen molar-refractivity contribution in [2.45, 2.75) is 61.0 Å². The van der Waals surface area contributed by atoms with Crippen LogP contribution in [0.25, 0.3) is 5.57 Å². The quantitative estimate of drug-likeness (QED) is 0.640. The van der Waals surface area contributed by atoms with Gasteiger partial charge in [0.05, 0.1) is 6.10 Å². The first-order chi connectivity index (χ1) is 14.3. The highest BCUT2D eigenvalue weighted by Gasteiger charge is 2.34. The second kappa shape index (κ2) is 8.63. The van der Waals surface area contributed by atoms with Gasteiger partial charge in [0.1, 0.15) is 5.56 Å². The minimum absolute atomic E-state index is 0.203. The van der Waals surface area contributed by atoms with Gasteiger partial charge < -0.3 is 10.1 Å². The largest absolute Gasteiger partial charge is 0.421 e. The molecule has 0 saturated heterocycles. The molecule has 2 N–H and O–H groups in total. The summed E-state index contributed by atoms with van der Waals surface area (Å²) < 4.78 is 39.0. The maximum Gasteiger partial charge on any atom is 0.421 e. The van der Waals surface area contributed by atoms with Gasteiger partial charge in [-0.2, -0.15) is 13.2 Å². The Labute approximate surface area is 177 Å². The number of pyridine rings is 1. The highest BCUT2D eigenvalue weighted by molar-refractivity contribution is 8.00. The SMILES string of the molecule is O=c1[nH]c(C(=CC2CCC(O)CC2)c2ccc(SC3CC3)cc2)ccc1C(F)(F)F. The van der Waals surface area contributed by atoms with Crippen molar-refractivity contribution in [3.63, 3.8) is 0 Å². The van der Waals surface area contributed by atoms with E-state index in [1.54, 1.807) is 0 Å². The van der Waals surface area contributed by atoms with Gasteiger partial charge in [-0.3, -0.25) is 4.79 Å². The van der Waals surface area contributed by atoms with Crippen LogP contribution in [0, 0.1) is 5.92 Å². The number of hydrogen-bond acceptors (Lipinski definition) is 3. The molecule has 0 bridgehead atoms. The summed E-state index contributed by atoms with van der Waals surface area (Å²) >= 11 is 1.84. The molecule has 160 valence electrons. The summed E-state index contributed by atoms with van der Waals surface area (Å²) in [6, 6.07) is 10.2. The number of halogens is 3. The van der Waals surface area contributed by atoms with E-state index >= 15 is 0 Å². The zero-order chi connectivity index (χ0) is 21.3. The predicted octanol–water partition coefficient (Wildman–Crippen LogP) is 5.63. The third kappa shape index (κ3) is 5.19. The van der Waals surface area contributed by atoms with E-state index in [-0.39, 0.29) is 12.0 Å². The monoisotopic (exact) mass is 435 g/mol. The van der Waals surface area contributed by atoms with Crippen molar-refractivity contribution >= 4 is 17.3 Å². The van der Waals surface area contributed by atoms with Gasteiger partial charge in [0.2, 0.25) is 0 Å². The van der Waals surface area contributed by atoms with E-state index in [4.69, 9.17) is 0 Å². The minimum Gasteiger partial charge on any atom is -0.393 e. The molecule has 0 aliphatic heterocycles. The first kappa shape index (κ1) is 21.2. The topological polar surface area (TPSA) is 53.1 Å². The van der Waals surface area contributed by atoms with Crippen molar-refractivity contribution in [1.29, 1.82) is 0 Å². The molecule has 1 heterocycles. The highest BCUT2D eigenvalue weighted by atomic mass is 32.2. The lowest BCUT2D eigenvalue weighted by molar-refractivity contribution is -0.138. The molecule has 7 heteroatoms. The van der Waals surface area contributed by atoms with Crippen LogP contribution in [0.4, 0.5) is 13.2 Å². The van der Waals surface area contributed by atoms with E-state index < -0.39 is 17.3 Å². The average molecular weight is 436 g/mol. The predicted molar refractivity (Wildman–Crippen MR) is 112 cm³/mol. The van der Waals surface area contributed by atoms with Gasteiger partial charge >= 0.3 is 6.18 Å². The normalized spacial score (nSPS) is 22.9. The molecule has 30 heavy (non-hydrogen) atoms. The van der Waals surface area contributed by atoms with E-state index in [0.29, 0.717) is 23.8 Å². The van der Waals surface area contributed by atoms with Gasteiger partial charge in [0.25, 0.3) is 5.56 Å². The summed E-state index contributed by atoms with van der Waals surface area (Å²) in [5.41, 5.74) is -0.364. The van der Waals surface area contributed by atoms with Crippen LogP contribution >= 0.6 is 11.8 Å². The van der Waals surface area contributed by atoms with E-state index in [0.717, 1.165) is 30.0 Å². The summed E-state index contributed by atoms with van der Waals surface area (Å²) in [7, 11) is 0. The number of nitrogens with one attached hydrogen (secondary N) is 1. The number of allylic oxidation sites excluding steroid dienone is 1. The molecule has 2 aromatic rings. The first-order valence-electron chi connectivity index (χ1n) is 10.3. The zero-order valence-electron chi connectivity index (χ0n) is 16.4. The second-order valence-electron chi connectivity index (χ2n) is 8.10. The molecule has 2 aliphatic carbocycles. The molecule has 2 saturated carbocycles. The van der Waals surface area contributed by atoms with E-state index in [9.17, 15) is 23.1 Å². The van der Waals surface area contributed by atoms with Crippen LogP contribution in [0.5, 0.6) is 0 Å². The number of aliphatic hydroxyl groups is 1. The maximum absolute atomic E-state index is 13.0. The highest BCUT2D eigenvalue weighted by Crippen LogP contribution is 2.40. The fourth-order valence-corrected chi connectivity index (χ4v) is 4.84. The van der Waals surface area contributed by atoms with Gasteiger partial charge in [0.15, 0.2) is 0 Å². The number of aromatic amines is 1. The van der Waals surface area contributed by atoms with E-state index in [1.165, 1.54) is 23.8 Å². The molecular formula is C23H24F3NO2S. The van der Waals surface area contributed by atoms with Gasteiger partial charge in [-0.25, -0.2) is 0 Å². The Bertz CT molecular complexity index is 969. The smallest absolute Gasteiger partial charge is 0.393 e. The lowest BCUT2D eigenvalue weighted by Gasteiger charge is -2.24. The Morgan fingerprint density at radius 1 is 1.00 bits per heavy atom. The number of alkyl halides is 3. The molecule has 0 spiro atoms. The van der Waals surface area contributed by atoms with E-state index in [2.05, 4.69) is 4.98 Å². The number of hydrogen-bond donors (Lipinski definition) is 2. The maximum atomic E-state index is 13.0. The van der Waals surface area contributed by atoms with Crippen LogP contribution in [0.15, 0.2) is 52.2 Å². The number of rotatable bonds is 5. The van der Waals surface area contributed by atoms with E-state index in [1.807, 2.05) is 42.1 Å². The first-order valence-corrected chi connectivity index (χ1v) is 11.2. The van der Waals surface area contributed by atoms with Crippen molar-refractivity contribution < 1.29 is 18.3 Å². The minimum atomic E-state index is -4.68. The Balaban J connectivity index is 1.68. The molecule has 0 amide bonds. The van der Waals surface area contributed by atoms with Gasteiger partial charge in [-0.05, 0) is 74.3 Å². The number of benzene rings is 1. The van der Waals surface area contributed by atoms with Crippen molar-refractivity contribution in [3.05, 3.63) is 69.6 Å². The molecular weight excluding hydrogens is 411 g/mol. The van der Waals surface area contributed by atoms with Crippen LogP contribution in [0.3, 0.4) is 0 Å². The van der Waals surface area contributed by atoms with Crippen LogP contribution in [0.1, 0.15) is 55.3 Å². The Hall–Kier alpha value is -1.99. The molecule has 2 aliphatic rings. The molecule has 0 atom stereocenters. The summed E-state index contributed by atoms with van der Waals surface area (Å²) in [6.45, 7) is 0. The fraction of sp³-hybridized carbons (Fsp3) is 0.435. The van der Waals surface area contributed by atoms with Crippen LogP contribution in [-0.4, -0.2) is 21.4 Å². The summed E-state index contributed by atoms with van der Waals surface area (Å²) in [5, 5.41) is 10.5. The number of aliphatic hydroxyl groups excluding tert-OH is 1. The zero-order valence-corrected chi connectivity index (χ0v) is 17.2. The van der Waals surface area contributed by atoms with Crippen molar-refractivity contribution in [2.75, 3.05) is 0 Å². The van der Waals surface area contributed by atoms with Crippen LogP contribution < -0.4 is 5.56 Å². The number of thioether (sulfide) groups is 1. The summed E-state index contributed by atoms with van der Waals surface area (Å²) in [5.74, 6) is 0.203. The number of H-pyrrole nitrogens is 1. The molecule has 3 nitrogen and oxygen atoms in total. The molecule has 0 radical (unpaired) electrons. The van der Waals surface area contributed by atoms with Crippen molar-refractivity contribution in [3.8, 4) is 0 Å². The Morgan fingerprint density at radius 3 is 2.23 bits per heavy atom. The molecule has 2 fully saturated rings. The van der Waals surface area contributed by atoms with Crippen molar-refractivity contribution in [2.24, 2.45) is 5.92 Å². The lowest BCUT2D eigenvalue weighted by Crippen LogP contribution is -2.22. The Kier molecular flexibility index (Phi) is 6.11. The summed E-state index contributed by atoms with van der Waals surface area (Å²) in [6.07, 6.45) is 2.56. The van der Waals surface area contributed by atoms with Crippen LogP contribution in [-0.2, 0) is 6.18 Å². The van der Waals surface area contributed by atoms with Crippen molar-refractivity contribution in [1.82, 2.24) is 4.98 Å². The number of aromatic nitrogens is 1. The second-order valence-corrected chi connectivity index (χ2v) is 9.48. The Morgan fingerprint density at radius 2 is 1.67 bits per heavy atom. The van der Waals surface area contributed by atoms with Gasteiger partial charge in [0, 0.05) is 21.4 Å². The van der Waals surface area contributed by atoms with Gasteiger partial charge in [-0.1, -0.05) is 18.2 Å². The summed E-state index contributed by atoms with van der Waals surface area (Å²) in [4.78, 5) is 15.7. The molecule has 4 rings (SSSR count). The fourth-order valence-electron chi connectivity index (χ4n) is 3.79. The van der Waals surface area contributed by atoms with Crippen LogP contribution in [0.2, 0.25) is 0 Å². The van der Waals surface area contributed by atoms with Gasteiger partial charge in [-0.15, -0.1) is 11.8 Å².